The van der Waals surface area contributed by atoms with Crippen molar-refractivity contribution in [1.29, 1.82) is 0 Å². The molecule has 0 aliphatic carbocycles. The summed E-state index contributed by atoms with van der Waals surface area (Å²) >= 11 is 0. The van der Waals surface area contributed by atoms with E-state index in [-0.39, 0.29) is 18.0 Å². The summed E-state index contributed by atoms with van der Waals surface area (Å²) in [6.07, 6.45) is -0.172. The highest BCUT2D eigenvalue weighted by atomic mass is 16.5. The molecule has 3 rings (SSSR count). The number of nitrogens with one attached hydrogen (secondary N) is 1. The number of rotatable bonds is 2. The van der Waals surface area contributed by atoms with Gasteiger partial charge in [0.15, 0.2) is 0 Å². The molecule has 8 nitrogen and oxygen atoms in total. The Balaban J connectivity index is 2.05. The SMILES string of the molecule is Nc1cc2ncn([C@H]3C[C@H](O)[C@@H](CO)O3)c2c(=O)[nH]1. The Hall–Kier alpha value is -1.90. The molecule has 0 radical (unpaired) electrons. The van der Waals surface area contributed by atoms with Gasteiger partial charge in [0.2, 0.25) is 0 Å². The first-order valence-corrected chi connectivity index (χ1v) is 5.90. The molecule has 0 bridgehead atoms. The smallest absolute Gasteiger partial charge is 0.275 e. The molecule has 5 N–H and O–H groups in total. The van der Waals surface area contributed by atoms with Gasteiger partial charge in [0, 0.05) is 12.5 Å². The summed E-state index contributed by atoms with van der Waals surface area (Å²) in [6.45, 7) is -0.270. The van der Waals surface area contributed by atoms with Crippen LogP contribution >= 0.6 is 0 Å². The van der Waals surface area contributed by atoms with Gasteiger partial charge in [0.1, 0.15) is 23.7 Å². The summed E-state index contributed by atoms with van der Waals surface area (Å²) in [7, 11) is 0. The van der Waals surface area contributed by atoms with E-state index in [1.807, 2.05) is 0 Å². The molecular weight excluding hydrogens is 252 g/mol. The van der Waals surface area contributed by atoms with E-state index in [1.54, 1.807) is 10.6 Å². The lowest BCUT2D eigenvalue weighted by atomic mass is 10.2. The maximum atomic E-state index is 11.9. The minimum Gasteiger partial charge on any atom is -0.394 e. The molecule has 8 heteroatoms. The number of aliphatic hydroxyl groups is 2. The fourth-order valence-electron chi connectivity index (χ4n) is 2.36. The number of aliphatic hydroxyl groups excluding tert-OH is 2. The molecule has 19 heavy (non-hydrogen) atoms. The van der Waals surface area contributed by atoms with Crippen LogP contribution in [0.15, 0.2) is 17.2 Å². The van der Waals surface area contributed by atoms with E-state index in [4.69, 9.17) is 15.6 Å². The Labute approximate surface area is 107 Å². The minimum absolute atomic E-state index is 0.239. The third kappa shape index (κ3) is 1.89. The van der Waals surface area contributed by atoms with Crippen LogP contribution in [0.3, 0.4) is 0 Å². The van der Waals surface area contributed by atoms with E-state index in [9.17, 15) is 9.90 Å². The zero-order valence-corrected chi connectivity index (χ0v) is 9.98. The van der Waals surface area contributed by atoms with Gasteiger partial charge < -0.3 is 25.7 Å². The van der Waals surface area contributed by atoms with Gasteiger partial charge in [0.25, 0.3) is 5.56 Å². The number of nitrogens with zero attached hydrogens (tertiary/aromatic N) is 2. The van der Waals surface area contributed by atoms with Crippen molar-refractivity contribution in [3.63, 3.8) is 0 Å². The van der Waals surface area contributed by atoms with Gasteiger partial charge in [-0.05, 0) is 0 Å². The van der Waals surface area contributed by atoms with Crippen molar-refractivity contribution >= 4 is 16.9 Å². The monoisotopic (exact) mass is 266 g/mol. The number of ether oxygens (including phenoxy) is 1. The number of anilines is 1. The Morgan fingerprint density at radius 2 is 2.42 bits per heavy atom. The predicted octanol–water partition coefficient (Wildman–Crippen LogP) is -1.05. The Morgan fingerprint density at radius 1 is 1.63 bits per heavy atom. The summed E-state index contributed by atoms with van der Waals surface area (Å²) in [4.78, 5) is 18.5. The van der Waals surface area contributed by atoms with Crippen LogP contribution in [-0.4, -0.2) is 43.6 Å². The van der Waals surface area contributed by atoms with Crippen LogP contribution in [0.1, 0.15) is 12.6 Å². The van der Waals surface area contributed by atoms with Crippen molar-refractivity contribution < 1.29 is 14.9 Å². The molecule has 0 spiro atoms. The maximum absolute atomic E-state index is 11.9. The van der Waals surface area contributed by atoms with Gasteiger partial charge in [-0.15, -0.1) is 0 Å². The zero-order chi connectivity index (χ0) is 13.6. The standard InChI is InChI=1S/C11H14N4O4/c12-8-1-5-10(11(18)14-8)15(4-13-5)9-2-6(17)7(3-16)19-9/h1,4,6-7,9,16-17H,2-3H2,(H3,12,14,18)/t6-,7+,9+/m0/s1. The average molecular weight is 266 g/mol. The lowest BCUT2D eigenvalue weighted by Gasteiger charge is -2.13. The molecule has 0 aromatic carbocycles. The number of aromatic amines is 1. The molecule has 0 unspecified atom stereocenters. The minimum atomic E-state index is -0.764. The first kappa shape index (κ1) is 12.2. The van der Waals surface area contributed by atoms with Crippen molar-refractivity contribution in [2.75, 3.05) is 12.3 Å². The molecule has 2 aromatic heterocycles. The van der Waals surface area contributed by atoms with E-state index in [0.717, 1.165) is 0 Å². The molecule has 0 amide bonds. The third-order valence-electron chi connectivity index (χ3n) is 3.28. The number of fused-ring (bicyclic) bond motifs is 1. The molecule has 3 heterocycles. The van der Waals surface area contributed by atoms with Gasteiger partial charge in [-0.25, -0.2) is 4.98 Å². The number of hydrogen-bond acceptors (Lipinski definition) is 6. The Bertz CT molecular complexity index is 664. The number of aromatic nitrogens is 3. The topological polar surface area (TPSA) is 126 Å². The quantitative estimate of drug-likeness (QED) is 0.549. The van der Waals surface area contributed by atoms with Crippen LogP contribution in [0.5, 0.6) is 0 Å². The fourth-order valence-corrected chi connectivity index (χ4v) is 2.36. The molecular formula is C11H14N4O4. The molecule has 2 aromatic rings. The Morgan fingerprint density at radius 3 is 3.11 bits per heavy atom. The van der Waals surface area contributed by atoms with Gasteiger partial charge in [0.05, 0.1) is 24.6 Å². The summed E-state index contributed by atoms with van der Waals surface area (Å²) in [6, 6.07) is 1.56. The second-order valence-electron chi connectivity index (χ2n) is 4.55. The zero-order valence-electron chi connectivity index (χ0n) is 9.98. The van der Waals surface area contributed by atoms with Crippen molar-refractivity contribution in [1.82, 2.24) is 14.5 Å². The highest BCUT2D eigenvalue weighted by molar-refractivity contribution is 5.76. The summed E-state index contributed by atoms with van der Waals surface area (Å²) in [5, 5.41) is 18.8. The summed E-state index contributed by atoms with van der Waals surface area (Å²) in [5.74, 6) is 0.239. The molecule has 1 saturated heterocycles. The normalized spacial score (nSPS) is 27.2. The Kier molecular flexibility index (Phi) is 2.77. The van der Waals surface area contributed by atoms with E-state index in [1.165, 1.54) is 6.33 Å². The molecule has 1 aliphatic rings. The second kappa shape index (κ2) is 4.34. The van der Waals surface area contributed by atoms with Crippen molar-refractivity contribution in [3.8, 4) is 0 Å². The molecule has 0 saturated carbocycles. The van der Waals surface area contributed by atoms with Crippen LogP contribution in [0.25, 0.3) is 11.0 Å². The molecule has 3 atom stereocenters. The number of nitrogens with two attached hydrogens (primary N) is 1. The predicted molar refractivity (Wildman–Crippen MR) is 66.4 cm³/mol. The van der Waals surface area contributed by atoms with Crippen molar-refractivity contribution in [2.24, 2.45) is 0 Å². The third-order valence-corrected chi connectivity index (χ3v) is 3.28. The lowest BCUT2D eigenvalue weighted by Crippen LogP contribution is -2.24. The summed E-state index contributed by atoms with van der Waals surface area (Å²) in [5.41, 5.74) is 5.98. The van der Waals surface area contributed by atoms with E-state index >= 15 is 0 Å². The highest BCUT2D eigenvalue weighted by Gasteiger charge is 2.35. The van der Waals surface area contributed by atoms with Gasteiger partial charge in [-0.1, -0.05) is 0 Å². The van der Waals surface area contributed by atoms with E-state index < -0.39 is 18.4 Å². The number of H-pyrrole nitrogens is 1. The van der Waals surface area contributed by atoms with Gasteiger partial charge in [-0.2, -0.15) is 0 Å². The van der Waals surface area contributed by atoms with Crippen LogP contribution in [0.2, 0.25) is 0 Å². The van der Waals surface area contributed by atoms with Gasteiger partial charge in [-0.3, -0.25) is 9.36 Å². The van der Waals surface area contributed by atoms with E-state index in [0.29, 0.717) is 17.5 Å². The van der Waals surface area contributed by atoms with Crippen LogP contribution in [-0.2, 0) is 4.74 Å². The van der Waals surface area contributed by atoms with Crippen molar-refractivity contribution in [2.45, 2.75) is 24.9 Å². The first-order chi connectivity index (χ1) is 9.10. The van der Waals surface area contributed by atoms with Crippen LogP contribution in [0, 0.1) is 0 Å². The molecule has 102 valence electrons. The molecule has 1 aliphatic heterocycles. The van der Waals surface area contributed by atoms with E-state index in [2.05, 4.69) is 9.97 Å². The largest absolute Gasteiger partial charge is 0.394 e. The van der Waals surface area contributed by atoms with Crippen LogP contribution < -0.4 is 11.3 Å². The number of imidazole rings is 1. The fraction of sp³-hybridized carbons (Fsp3) is 0.455. The number of hydrogen-bond donors (Lipinski definition) is 4. The van der Waals surface area contributed by atoms with Gasteiger partial charge >= 0.3 is 0 Å². The number of nitrogen functional groups attached to an aromatic ring is 1. The highest BCUT2D eigenvalue weighted by Crippen LogP contribution is 2.30. The second-order valence-corrected chi connectivity index (χ2v) is 4.55. The average Bonchev–Trinajstić information content (AvgIpc) is 2.92. The lowest BCUT2D eigenvalue weighted by molar-refractivity contribution is -0.0431. The maximum Gasteiger partial charge on any atom is 0.275 e. The number of pyridine rings is 1. The van der Waals surface area contributed by atoms with Crippen molar-refractivity contribution in [3.05, 3.63) is 22.7 Å². The van der Waals surface area contributed by atoms with Crippen LogP contribution in [0.4, 0.5) is 5.82 Å². The molecule has 1 fully saturated rings. The summed E-state index contributed by atoms with van der Waals surface area (Å²) < 4.78 is 7.05. The first-order valence-electron chi connectivity index (χ1n) is 5.90.